The van der Waals surface area contributed by atoms with Crippen LogP contribution in [0.25, 0.3) is 0 Å². The molecule has 28 heavy (non-hydrogen) atoms. The number of hydrogen-bond donors (Lipinski definition) is 1. The van der Waals surface area contributed by atoms with Gasteiger partial charge in [-0.1, -0.05) is 29.3 Å². The number of rotatable bonds is 3. The average Bonchev–Trinajstić information content (AvgIpc) is 2.61. The summed E-state index contributed by atoms with van der Waals surface area (Å²) in [5, 5.41) is 3.09. The molecule has 1 aromatic rings. The Labute approximate surface area is 174 Å². The van der Waals surface area contributed by atoms with Crippen molar-refractivity contribution < 1.29 is 19.1 Å². The van der Waals surface area contributed by atoms with E-state index in [1.807, 2.05) is 0 Å². The van der Waals surface area contributed by atoms with Gasteiger partial charge in [0.25, 0.3) is 5.91 Å². The zero-order valence-corrected chi connectivity index (χ0v) is 17.9. The van der Waals surface area contributed by atoms with Crippen molar-refractivity contribution in [2.75, 3.05) is 26.2 Å². The van der Waals surface area contributed by atoms with Crippen LogP contribution in [0, 0.1) is 0 Å². The van der Waals surface area contributed by atoms with Gasteiger partial charge in [-0.05, 0) is 39.8 Å². The molecule has 1 fully saturated rings. The van der Waals surface area contributed by atoms with Gasteiger partial charge in [-0.3, -0.25) is 9.59 Å². The Hall–Kier alpha value is -1.99. The number of nitrogens with zero attached hydrogens (tertiary/aromatic N) is 2. The Morgan fingerprint density at radius 1 is 1.07 bits per heavy atom. The molecule has 0 aliphatic carbocycles. The molecule has 1 heterocycles. The summed E-state index contributed by atoms with van der Waals surface area (Å²) in [5.41, 5.74) is -0.297. The Balaban J connectivity index is 1.90. The predicted molar refractivity (Wildman–Crippen MR) is 108 cm³/mol. The van der Waals surface area contributed by atoms with E-state index in [2.05, 4.69) is 5.32 Å². The zero-order chi connectivity index (χ0) is 21.1. The topological polar surface area (TPSA) is 79.0 Å². The van der Waals surface area contributed by atoms with Crippen molar-refractivity contribution >= 4 is 41.1 Å². The van der Waals surface area contributed by atoms with E-state index in [0.29, 0.717) is 36.8 Å². The predicted octanol–water partition coefficient (Wildman–Crippen LogP) is 3.19. The van der Waals surface area contributed by atoms with Gasteiger partial charge >= 0.3 is 6.09 Å². The zero-order valence-electron chi connectivity index (χ0n) is 16.4. The highest BCUT2D eigenvalue weighted by Gasteiger charge is 2.29. The highest BCUT2D eigenvalue weighted by molar-refractivity contribution is 6.43. The first kappa shape index (κ1) is 22.3. The van der Waals surface area contributed by atoms with Crippen LogP contribution >= 0.6 is 23.2 Å². The number of nitrogens with one attached hydrogen (secondary N) is 1. The number of ether oxygens (including phenoxy) is 1. The summed E-state index contributed by atoms with van der Waals surface area (Å²) in [6, 6.07) is 4.20. The summed E-state index contributed by atoms with van der Waals surface area (Å²) in [6.45, 7) is 8.32. The fraction of sp³-hybridized carbons (Fsp3) is 0.526. The molecule has 0 bridgehead atoms. The lowest BCUT2D eigenvalue weighted by Gasteiger charge is -2.36. The maximum atomic E-state index is 12.7. The number of amides is 3. The third-order valence-electron chi connectivity index (χ3n) is 4.16. The van der Waals surface area contributed by atoms with Gasteiger partial charge in [0.05, 0.1) is 15.6 Å². The second-order valence-electron chi connectivity index (χ2n) is 7.59. The van der Waals surface area contributed by atoms with Crippen LogP contribution in [0.5, 0.6) is 0 Å². The standard InChI is InChI=1S/C19H25Cl2N3O4/c1-12(22-18(27)28-19(2,3)4)16(25)23-8-10-24(11-9-23)17(26)13-6-5-7-14(20)15(13)21/h5-7,12H,8-11H2,1-4H3,(H,22,27). The lowest BCUT2D eigenvalue weighted by molar-refractivity contribution is -0.134. The minimum atomic E-state index is -0.723. The fourth-order valence-corrected chi connectivity index (χ4v) is 3.17. The van der Waals surface area contributed by atoms with E-state index in [1.54, 1.807) is 55.7 Å². The van der Waals surface area contributed by atoms with E-state index in [1.165, 1.54) is 0 Å². The van der Waals surface area contributed by atoms with Crippen molar-refractivity contribution in [1.29, 1.82) is 0 Å². The highest BCUT2D eigenvalue weighted by Crippen LogP contribution is 2.26. The smallest absolute Gasteiger partial charge is 0.408 e. The Morgan fingerprint density at radius 2 is 1.64 bits per heavy atom. The largest absolute Gasteiger partial charge is 0.444 e. The van der Waals surface area contributed by atoms with E-state index in [4.69, 9.17) is 27.9 Å². The molecule has 0 aromatic heterocycles. The second kappa shape index (κ2) is 9.01. The van der Waals surface area contributed by atoms with Crippen LogP contribution in [-0.4, -0.2) is 65.5 Å². The molecule has 9 heteroatoms. The molecule has 1 aromatic carbocycles. The normalized spacial score (nSPS) is 15.8. The molecule has 1 aliphatic rings. The van der Waals surface area contributed by atoms with E-state index < -0.39 is 17.7 Å². The van der Waals surface area contributed by atoms with Crippen molar-refractivity contribution in [2.24, 2.45) is 0 Å². The Kier molecular flexibility index (Phi) is 7.17. The van der Waals surface area contributed by atoms with Crippen LogP contribution in [-0.2, 0) is 9.53 Å². The fourth-order valence-electron chi connectivity index (χ4n) is 2.79. The molecule has 1 N–H and O–H groups in total. The summed E-state index contributed by atoms with van der Waals surface area (Å²) in [6.07, 6.45) is -0.641. The summed E-state index contributed by atoms with van der Waals surface area (Å²) >= 11 is 12.1. The van der Waals surface area contributed by atoms with Crippen molar-refractivity contribution in [2.45, 2.75) is 39.3 Å². The molecule has 0 saturated carbocycles. The molecule has 1 atom stereocenters. The van der Waals surface area contributed by atoms with Crippen LogP contribution in [0.15, 0.2) is 18.2 Å². The second-order valence-corrected chi connectivity index (χ2v) is 8.37. The van der Waals surface area contributed by atoms with Gasteiger partial charge in [-0.25, -0.2) is 4.79 Å². The number of benzene rings is 1. The summed E-state index contributed by atoms with van der Waals surface area (Å²) in [5.74, 6) is -0.446. The quantitative estimate of drug-likeness (QED) is 0.799. The minimum Gasteiger partial charge on any atom is -0.444 e. The number of hydrogen-bond acceptors (Lipinski definition) is 4. The first-order chi connectivity index (χ1) is 13.0. The number of alkyl carbamates (subject to hydrolysis) is 1. The minimum absolute atomic E-state index is 0.223. The van der Waals surface area contributed by atoms with E-state index in [-0.39, 0.29) is 16.8 Å². The third kappa shape index (κ3) is 5.75. The SMILES string of the molecule is CC(NC(=O)OC(C)(C)C)C(=O)N1CCN(C(=O)c2cccc(Cl)c2Cl)CC1. The molecule has 1 unspecified atom stereocenters. The third-order valence-corrected chi connectivity index (χ3v) is 4.98. The number of carbonyl (C=O) groups excluding carboxylic acids is 3. The van der Waals surface area contributed by atoms with Gasteiger partial charge in [0.1, 0.15) is 11.6 Å². The maximum absolute atomic E-state index is 12.7. The van der Waals surface area contributed by atoms with Crippen molar-refractivity contribution in [3.05, 3.63) is 33.8 Å². The van der Waals surface area contributed by atoms with Gasteiger partial charge < -0.3 is 19.9 Å². The van der Waals surface area contributed by atoms with Crippen LogP contribution in [0.3, 0.4) is 0 Å². The summed E-state index contributed by atoms with van der Waals surface area (Å²) in [7, 11) is 0. The van der Waals surface area contributed by atoms with Crippen molar-refractivity contribution in [3.63, 3.8) is 0 Å². The summed E-state index contributed by atoms with van der Waals surface area (Å²) < 4.78 is 5.17. The Bertz CT molecular complexity index is 756. The molecule has 2 rings (SSSR count). The van der Waals surface area contributed by atoms with Gasteiger partial charge in [0.2, 0.25) is 5.91 Å². The Morgan fingerprint density at radius 3 is 2.21 bits per heavy atom. The van der Waals surface area contributed by atoms with Gasteiger partial charge in [-0.15, -0.1) is 0 Å². The average molecular weight is 430 g/mol. The van der Waals surface area contributed by atoms with E-state index in [0.717, 1.165) is 0 Å². The molecule has 0 spiro atoms. The van der Waals surface area contributed by atoms with Gasteiger partial charge in [-0.2, -0.15) is 0 Å². The van der Waals surface area contributed by atoms with E-state index in [9.17, 15) is 14.4 Å². The lowest BCUT2D eigenvalue weighted by Crippen LogP contribution is -2.55. The van der Waals surface area contributed by atoms with Crippen LogP contribution in [0.1, 0.15) is 38.1 Å². The van der Waals surface area contributed by atoms with Gasteiger partial charge in [0.15, 0.2) is 0 Å². The first-order valence-corrected chi connectivity index (χ1v) is 9.77. The highest BCUT2D eigenvalue weighted by atomic mass is 35.5. The molecule has 7 nitrogen and oxygen atoms in total. The lowest BCUT2D eigenvalue weighted by atomic mass is 10.1. The molecule has 1 aliphatic heterocycles. The van der Waals surface area contributed by atoms with Crippen LogP contribution in [0.2, 0.25) is 10.0 Å². The molecular formula is C19H25Cl2N3O4. The van der Waals surface area contributed by atoms with Gasteiger partial charge in [0, 0.05) is 26.2 Å². The van der Waals surface area contributed by atoms with Crippen LogP contribution < -0.4 is 5.32 Å². The molecule has 0 radical (unpaired) electrons. The summed E-state index contributed by atoms with van der Waals surface area (Å²) in [4.78, 5) is 40.3. The number of halogens is 2. The number of piperazine rings is 1. The van der Waals surface area contributed by atoms with Crippen molar-refractivity contribution in [1.82, 2.24) is 15.1 Å². The molecule has 1 saturated heterocycles. The molecule has 154 valence electrons. The molecular weight excluding hydrogens is 405 g/mol. The first-order valence-electron chi connectivity index (χ1n) is 9.01. The monoisotopic (exact) mass is 429 g/mol. The maximum Gasteiger partial charge on any atom is 0.408 e. The van der Waals surface area contributed by atoms with Crippen LogP contribution in [0.4, 0.5) is 4.79 Å². The molecule has 3 amide bonds. The van der Waals surface area contributed by atoms with E-state index >= 15 is 0 Å². The van der Waals surface area contributed by atoms with Crippen molar-refractivity contribution in [3.8, 4) is 0 Å². The number of carbonyl (C=O) groups is 3.